The number of fused-ring (bicyclic) bond motifs is 2. The van der Waals surface area contributed by atoms with Gasteiger partial charge in [0.2, 0.25) is 0 Å². The first kappa shape index (κ1) is 12.1. The monoisotopic (exact) mass is 270 g/mol. The summed E-state index contributed by atoms with van der Waals surface area (Å²) in [4.78, 5) is 4.46. The predicted molar refractivity (Wildman–Crippen MR) is 73.0 cm³/mol. The highest BCUT2D eigenvalue weighted by atomic mass is 16.5. The quantitative estimate of drug-likeness (QED) is 0.931. The second-order valence-corrected chi connectivity index (χ2v) is 6.09. The lowest BCUT2D eigenvalue weighted by atomic mass is 9.88. The van der Waals surface area contributed by atoms with E-state index in [1.54, 1.807) is 0 Å². The van der Waals surface area contributed by atoms with Crippen molar-refractivity contribution in [1.29, 1.82) is 0 Å². The molecule has 2 saturated carbocycles. The molecule has 0 radical (unpaired) electrons. The van der Waals surface area contributed by atoms with Gasteiger partial charge < -0.3 is 9.63 Å². The van der Waals surface area contributed by atoms with Crippen molar-refractivity contribution in [3.63, 3.8) is 0 Å². The standard InChI is InChI=1S/C16H18N2O2/c19-14(11-4-2-1-3-5-11)16-17-15(18-20-16)13-9-10-6-7-12(13)8-10/h1-5,10,12-14,19H,6-9H2. The Morgan fingerprint density at radius 3 is 2.70 bits per heavy atom. The summed E-state index contributed by atoms with van der Waals surface area (Å²) in [5.74, 6) is 3.12. The van der Waals surface area contributed by atoms with E-state index in [9.17, 15) is 5.11 Å². The number of aliphatic hydroxyl groups is 1. The van der Waals surface area contributed by atoms with Crippen LogP contribution in [-0.2, 0) is 0 Å². The highest BCUT2D eigenvalue weighted by molar-refractivity contribution is 5.21. The molecule has 0 aliphatic heterocycles. The minimum Gasteiger partial charge on any atom is -0.378 e. The molecule has 0 saturated heterocycles. The van der Waals surface area contributed by atoms with Gasteiger partial charge in [0.15, 0.2) is 11.9 Å². The van der Waals surface area contributed by atoms with Crippen LogP contribution in [0.15, 0.2) is 34.9 Å². The van der Waals surface area contributed by atoms with Crippen LogP contribution in [0.3, 0.4) is 0 Å². The number of hydrogen-bond donors (Lipinski definition) is 1. The Labute approximate surface area is 117 Å². The first-order chi connectivity index (χ1) is 9.81. The SMILES string of the molecule is OC(c1ccccc1)c1nc(C2CC3CCC2C3)no1. The summed E-state index contributed by atoms with van der Waals surface area (Å²) in [6.45, 7) is 0. The number of nitrogens with zero attached hydrogens (tertiary/aromatic N) is 2. The van der Waals surface area contributed by atoms with Crippen molar-refractivity contribution in [3.05, 3.63) is 47.6 Å². The van der Waals surface area contributed by atoms with E-state index in [-0.39, 0.29) is 0 Å². The fourth-order valence-corrected chi connectivity index (χ4v) is 3.85. The van der Waals surface area contributed by atoms with Crippen LogP contribution < -0.4 is 0 Å². The van der Waals surface area contributed by atoms with Gasteiger partial charge in [0.25, 0.3) is 5.89 Å². The van der Waals surface area contributed by atoms with Gasteiger partial charge in [-0.15, -0.1) is 0 Å². The molecule has 1 heterocycles. The van der Waals surface area contributed by atoms with Crippen LogP contribution in [0.4, 0.5) is 0 Å². The van der Waals surface area contributed by atoms with Crippen molar-refractivity contribution in [2.75, 3.05) is 0 Å². The lowest BCUT2D eigenvalue weighted by molar-refractivity contribution is 0.170. The van der Waals surface area contributed by atoms with Crippen LogP contribution in [0.2, 0.25) is 0 Å². The van der Waals surface area contributed by atoms with E-state index < -0.39 is 6.10 Å². The molecule has 4 atom stereocenters. The van der Waals surface area contributed by atoms with Crippen LogP contribution >= 0.6 is 0 Å². The molecule has 4 heteroatoms. The Hall–Kier alpha value is -1.68. The highest BCUT2D eigenvalue weighted by Gasteiger charge is 2.42. The number of aliphatic hydroxyl groups excluding tert-OH is 1. The predicted octanol–water partition coefficient (Wildman–Crippen LogP) is 3.05. The smallest absolute Gasteiger partial charge is 0.260 e. The number of aromatic nitrogens is 2. The molecule has 1 N–H and O–H groups in total. The zero-order chi connectivity index (χ0) is 13.5. The van der Waals surface area contributed by atoms with Crippen LogP contribution in [0.25, 0.3) is 0 Å². The van der Waals surface area contributed by atoms with Crippen molar-refractivity contribution in [1.82, 2.24) is 10.1 Å². The second kappa shape index (κ2) is 4.70. The van der Waals surface area contributed by atoms with E-state index in [0.717, 1.165) is 23.2 Å². The third-order valence-corrected chi connectivity index (χ3v) is 4.88. The van der Waals surface area contributed by atoms with Gasteiger partial charge in [0.05, 0.1) is 0 Å². The zero-order valence-corrected chi connectivity index (χ0v) is 11.3. The zero-order valence-electron chi connectivity index (χ0n) is 11.3. The van der Waals surface area contributed by atoms with Gasteiger partial charge >= 0.3 is 0 Å². The maximum absolute atomic E-state index is 10.3. The Morgan fingerprint density at radius 1 is 1.15 bits per heavy atom. The topological polar surface area (TPSA) is 59.2 Å². The molecule has 2 bridgehead atoms. The first-order valence-electron chi connectivity index (χ1n) is 7.38. The molecule has 4 rings (SSSR count). The lowest BCUT2D eigenvalue weighted by Crippen LogP contribution is -2.10. The van der Waals surface area contributed by atoms with E-state index in [1.807, 2.05) is 30.3 Å². The van der Waals surface area contributed by atoms with Crippen molar-refractivity contribution >= 4 is 0 Å². The third kappa shape index (κ3) is 1.95. The maximum atomic E-state index is 10.3. The second-order valence-electron chi connectivity index (χ2n) is 6.09. The third-order valence-electron chi connectivity index (χ3n) is 4.88. The van der Waals surface area contributed by atoms with Crippen LogP contribution in [0, 0.1) is 11.8 Å². The minimum atomic E-state index is -0.823. The molecule has 4 nitrogen and oxygen atoms in total. The molecule has 2 aromatic rings. The van der Waals surface area contributed by atoms with Crippen molar-refractivity contribution in [2.24, 2.45) is 11.8 Å². The number of rotatable bonds is 3. The van der Waals surface area contributed by atoms with Gasteiger partial charge in [0, 0.05) is 5.92 Å². The molecular weight excluding hydrogens is 252 g/mol. The Morgan fingerprint density at radius 2 is 2.00 bits per heavy atom. The molecule has 0 amide bonds. The molecule has 0 spiro atoms. The molecule has 2 fully saturated rings. The Balaban J connectivity index is 1.56. The van der Waals surface area contributed by atoms with Crippen LogP contribution in [0.1, 0.15) is 55.0 Å². The van der Waals surface area contributed by atoms with Crippen molar-refractivity contribution < 1.29 is 9.63 Å². The summed E-state index contributed by atoms with van der Waals surface area (Å²) in [5, 5.41) is 14.4. The van der Waals surface area contributed by atoms with Gasteiger partial charge in [-0.2, -0.15) is 4.98 Å². The summed E-state index contributed by atoms with van der Waals surface area (Å²) in [6, 6.07) is 9.44. The summed E-state index contributed by atoms with van der Waals surface area (Å²) < 4.78 is 5.29. The van der Waals surface area contributed by atoms with Crippen LogP contribution in [-0.4, -0.2) is 15.2 Å². The number of hydrogen-bond acceptors (Lipinski definition) is 4. The van der Waals surface area contributed by atoms with Gasteiger partial charge in [-0.3, -0.25) is 0 Å². The number of benzene rings is 1. The summed E-state index contributed by atoms with van der Waals surface area (Å²) in [5.41, 5.74) is 0.788. The normalized spacial score (nSPS) is 29.8. The summed E-state index contributed by atoms with van der Waals surface area (Å²) in [7, 11) is 0. The molecule has 1 aromatic carbocycles. The minimum absolute atomic E-state index is 0.314. The lowest BCUT2D eigenvalue weighted by Gasteiger charge is -2.17. The van der Waals surface area contributed by atoms with Gasteiger partial charge in [0.1, 0.15) is 0 Å². The highest BCUT2D eigenvalue weighted by Crippen LogP contribution is 2.52. The summed E-state index contributed by atoms with van der Waals surface area (Å²) >= 11 is 0. The fourth-order valence-electron chi connectivity index (χ4n) is 3.85. The summed E-state index contributed by atoms with van der Waals surface area (Å²) in [6.07, 6.45) is 4.33. The molecule has 2 aliphatic carbocycles. The van der Waals surface area contributed by atoms with Gasteiger partial charge in [-0.05, 0) is 36.7 Å². The largest absolute Gasteiger partial charge is 0.378 e. The van der Waals surface area contributed by atoms with E-state index in [1.165, 1.54) is 25.7 Å². The molecule has 1 aromatic heterocycles. The van der Waals surface area contributed by atoms with Gasteiger partial charge in [-0.25, -0.2) is 0 Å². The Kier molecular flexibility index (Phi) is 2.84. The molecule has 4 unspecified atom stereocenters. The molecule has 20 heavy (non-hydrogen) atoms. The van der Waals surface area contributed by atoms with Gasteiger partial charge in [-0.1, -0.05) is 41.9 Å². The average Bonchev–Trinajstić information content (AvgIpc) is 3.23. The fraction of sp³-hybridized carbons (Fsp3) is 0.500. The van der Waals surface area contributed by atoms with E-state index in [4.69, 9.17) is 4.52 Å². The maximum Gasteiger partial charge on any atom is 0.260 e. The van der Waals surface area contributed by atoms with Crippen molar-refractivity contribution in [3.8, 4) is 0 Å². The average molecular weight is 270 g/mol. The molecular formula is C16H18N2O2. The van der Waals surface area contributed by atoms with Crippen molar-refractivity contribution in [2.45, 2.75) is 37.7 Å². The van der Waals surface area contributed by atoms with Crippen LogP contribution in [0.5, 0.6) is 0 Å². The molecule has 104 valence electrons. The van der Waals surface area contributed by atoms with E-state index in [0.29, 0.717) is 11.8 Å². The van der Waals surface area contributed by atoms with E-state index in [2.05, 4.69) is 10.1 Å². The van der Waals surface area contributed by atoms with E-state index >= 15 is 0 Å². The molecule has 2 aliphatic rings. The Bertz CT molecular complexity index is 596. The first-order valence-corrected chi connectivity index (χ1v) is 7.38.